The number of rotatable bonds is 14. The average molecular weight is 623 g/mol. The zero-order valence-corrected chi connectivity index (χ0v) is 27.3. The summed E-state index contributed by atoms with van der Waals surface area (Å²) in [4.78, 5) is 26.0. The highest BCUT2D eigenvalue weighted by Crippen LogP contribution is 2.39. The van der Waals surface area contributed by atoms with E-state index in [0.717, 1.165) is 30.6 Å². The minimum atomic E-state index is -0.532. The van der Waals surface area contributed by atoms with Gasteiger partial charge in [0.15, 0.2) is 11.5 Å². The van der Waals surface area contributed by atoms with Crippen LogP contribution in [0, 0.1) is 10.1 Å². The predicted molar refractivity (Wildman–Crippen MR) is 173 cm³/mol. The van der Waals surface area contributed by atoms with Crippen LogP contribution in [0.2, 0.25) is 5.02 Å². The zero-order chi connectivity index (χ0) is 32.1. The molecule has 1 aliphatic rings. The number of benzene rings is 3. The van der Waals surface area contributed by atoms with Crippen LogP contribution >= 0.6 is 11.6 Å². The van der Waals surface area contributed by atoms with E-state index in [4.69, 9.17) is 25.8 Å². The molecule has 3 aromatic rings. The van der Waals surface area contributed by atoms with E-state index in [-0.39, 0.29) is 39.8 Å². The molecule has 3 aromatic carbocycles. The molecule has 0 aromatic heterocycles. The second-order valence-corrected chi connectivity index (χ2v) is 13.0. The van der Waals surface area contributed by atoms with Gasteiger partial charge in [0.2, 0.25) is 6.79 Å². The molecule has 4 rings (SSSR count). The fourth-order valence-electron chi connectivity index (χ4n) is 5.06. The van der Waals surface area contributed by atoms with Crippen molar-refractivity contribution in [3.05, 3.63) is 92.0 Å². The lowest BCUT2D eigenvalue weighted by Gasteiger charge is -2.30. The SMILES string of the molecule is CCC(C)(C)c1ccc(OCCCCN(Cc2ccc3c(c2)OCO3)C(=O)c2ccc([N+](=O)[O-])cc2Cl)c(C(C)(C)CC)c1. The van der Waals surface area contributed by atoms with Crippen molar-refractivity contribution in [3.63, 3.8) is 0 Å². The minimum absolute atomic E-state index is 0.0347. The lowest BCUT2D eigenvalue weighted by Crippen LogP contribution is -2.32. The van der Waals surface area contributed by atoms with Crippen LogP contribution in [0.4, 0.5) is 5.69 Å². The number of carbonyl (C=O) groups is 1. The molecule has 9 heteroatoms. The van der Waals surface area contributed by atoms with Crippen LogP contribution in [0.1, 0.15) is 94.3 Å². The number of hydrogen-bond donors (Lipinski definition) is 0. The topological polar surface area (TPSA) is 91.1 Å². The Bertz CT molecular complexity index is 1500. The van der Waals surface area contributed by atoms with E-state index >= 15 is 0 Å². The smallest absolute Gasteiger partial charge is 0.270 e. The first-order valence-electron chi connectivity index (χ1n) is 15.3. The lowest BCUT2D eigenvalue weighted by molar-refractivity contribution is -0.384. The molecule has 0 aliphatic carbocycles. The molecule has 8 nitrogen and oxygen atoms in total. The van der Waals surface area contributed by atoms with Gasteiger partial charge in [0.1, 0.15) is 5.75 Å². The molecule has 0 spiro atoms. The molecule has 0 saturated carbocycles. The number of carbonyl (C=O) groups excluding carboxylic acids is 1. The molecule has 0 atom stereocenters. The molecule has 0 N–H and O–H groups in total. The van der Waals surface area contributed by atoms with E-state index < -0.39 is 4.92 Å². The van der Waals surface area contributed by atoms with Crippen molar-refractivity contribution in [2.75, 3.05) is 19.9 Å². The van der Waals surface area contributed by atoms with Crippen molar-refractivity contribution in [1.82, 2.24) is 4.90 Å². The van der Waals surface area contributed by atoms with Gasteiger partial charge in [0.25, 0.3) is 11.6 Å². The maximum absolute atomic E-state index is 13.7. The number of amides is 1. The molecule has 1 aliphatic heterocycles. The third-order valence-corrected chi connectivity index (χ3v) is 9.14. The number of fused-ring (bicyclic) bond motifs is 1. The van der Waals surface area contributed by atoms with Gasteiger partial charge in [-0.25, -0.2) is 0 Å². The van der Waals surface area contributed by atoms with Gasteiger partial charge in [-0.2, -0.15) is 0 Å². The number of halogens is 1. The number of nitro benzene ring substituents is 1. The molecule has 1 amide bonds. The molecule has 0 radical (unpaired) electrons. The van der Waals surface area contributed by atoms with E-state index in [2.05, 4.69) is 59.7 Å². The van der Waals surface area contributed by atoms with Gasteiger partial charge in [-0.1, -0.05) is 71.3 Å². The number of hydrogen-bond acceptors (Lipinski definition) is 6. The van der Waals surface area contributed by atoms with Gasteiger partial charge < -0.3 is 19.1 Å². The van der Waals surface area contributed by atoms with Crippen LogP contribution in [-0.2, 0) is 17.4 Å². The Morgan fingerprint density at radius 2 is 1.68 bits per heavy atom. The fraction of sp³-hybridized carbons (Fsp3) is 0.457. The third kappa shape index (κ3) is 7.65. The molecular weight excluding hydrogens is 580 g/mol. The van der Waals surface area contributed by atoms with Crippen LogP contribution in [0.15, 0.2) is 54.6 Å². The first kappa shape index (κ1) is 33.1. The van der Waals surface area contributed by atoms with E-state index in [0.29, 0.717) is 37.6 Å². The second kappa shape index (κ2) is 13.9. The van der Waals surface area contributed by atoms with Gasteiger partial charge in [-0.05, 0) is 71.9 Å². The van der Waals surface area contributed by atoms with Crippen molar-refractivity contribution >= 4 is 23.2 Å². The van der Waals surface area contributed by atoms with Gasteiger partial charge in [0, 0.05) is 30.8 Å². The van der Waals surface area contributed by atoms with E-state index in [9.17, 15) is 14.9 Å². The maximum atomic E-state index is 13.7. The first-order valence-corrected chi connectivity index (χ1v) is 15.6. The summed E-state index contributed by atoms with van der Waals surface area (Å²) in [6.07, 6.45) is 3.45. The number of non-ortho nitro benzene ring substituents is 1. The number of ether oxygens (including phenoxy) is 3. The summed E-state index contributed by atoms with van der Waals surface area (Å²) < 4.78 is 17.3. The number of unbranched alkanes of at least 4 members (excludes halogenated alkanes) is 1. The van der Waals surface area contributed by atoms with Gasteiger partial charge in [0.05, 0.1) is 22.1 Å². The maximum Gasteiger partial charge on any atom is 0.270 e. The average Bonchev–Trinajstić information content (AvgIpc) is 3.48. The largest absolute Gasteiger partial charge is 0.493 e. The van der Waals surface area contributed by atoms with Crippen LogP contribution in [-0.4, -0.2) is 35.7 Å². The molecule has 236 valence electrons. The second-order valence-electron chi connectivity index (χ2n) is 12.6. The Balaban J connectivity index is 1.47. The fourth-order valence-corrected chi connectivity index (χ4v) is 5.32. The normalized spacial score (nSPS) is 12.7. The minimum Gasteiger partial charge on any atom is -0.493 e. The predicted octanol–water partition coefficient (Wildman–Crippen LogP) is 8.85. The summed E-state index contributed by atoms with van der Waals surface area (Å²) in [5, 5.41) is 11.2. The third-order valence-electron chi connectivity index (χ3n) is 8.83. The molecule has 0 saturated heterocycles. The highest BCUT2D eigenvalue weighted by atomic mass is 35.5. The lowest BCUT2D eigenvalue weighted by atomic mass is 9.76. The first-order chi connectivity index (χ1) is 20.9. The van der Waals surface area contributed by atoms with E-state index in [1.54, 1.807) is 4.90 Å². The quantitative estimate of drug-likeness (QED) is 0.101. The summed E-state index contributed by atoms with van der Waals surface area (Å²) in [6, 6.07) is 16.1. The number of nitrogens with zero attached hydrogens (tertiary/aromatic N) is 2. The molecule has 0 fully saturated rings. The Labute approximate surface area is 265 Å². The Hall–Kier alpha value is -3.78. The zero-order valence-electron chi connectivity index (χ0n) is 26.6. The standard InChI is InChI=1S/C35H43ClN2O6/c1-7-34(3,4)25-12-16-30(28(20-25)35(5,6)8-2)42-18-10-9-17-37(22-24-11-15-31-32(19-24)44-23-43-31)33(39)27-14-13-26(38(40)41)21-29(27)36/h11-16,19-21H,7-10,17-18,22-23H2,1-6H3. The van der Waals surface area contributed by atoms with E-state index in [1.165, 1.54) is 29.3 Å². The Morgan fingerprint density at radius 3 is 2.36 bits per heavy atom. The van der Waals surface area contributed by atoms with Crippen LogP contribution in [0.3, 0.4) is 0 Å². The van der Waals surface area contributed by atoms with Crippen molar-refractivity contribution in [2.45, 2.75) is 84.6 Å². The van der Waals surface area contributed by atoms with Crippen molar-refractivity contribution in [3.8, 4) is 17.2 Å². The van der Waals surface area contributed by atoms with Crippen LogP contribution in [0.25, 0.3) is 0 Å². The van der Waals surface area contributed by atoms with E-state index in [1.807, 2.05) is 18.2 Å². The Morgan fingerprint density at radius 1 is 0.955 bits per heavy atom. The summed E-state index contributed by atoms with van der Waals surface area (Å²) in [5.41, 5.74) is 3.50. The summed E-state index contributed by atoms with van der Waals surface area (Å²) in [5.74, 6) is 1.90. The highest BCUT2D eigenvalue weighted by molar-refractivity contribution is 6.34. The van der Waals surface area contributed by atoms with Crippen molar-refractivity contribution in [2.24, 2.45) is 0 Å². The van der Waals surface area contributed by atoms with Crippen molar-refractivity contribution in [1.29, 1.82) is 0 Å². The summed E-state index contributed by atoms with van der Waals surface area (Å²) >= 11 is 6.35. The number of nitro groups is 1. The van der Waals surface area contributed by atoms with Crippen LogP contribution in [0.5, 0.6) is 17.2 Å². The van der Waals surface area contributed by atoms with Crippen molar-refractivity contribution < 1.29 is 23.9 Å². The summed E-state index contributed by atoms with van der Waals surface area (Å²) in [7, 11) is 0. The molecular formula is C35H43ClN2O6. The van der Waals surface area contributed by atoms with Gasteiger partial charge >= 0.3 is 0 Å². The summed E-state index contributed by atoms with van der Waals surface area (Å²) in [6.45, 7) is 14.9. The molecule has 44 heavy (non-hydrogen) atoms. The highest BCUT2D eigenvalue weighted by Gasteiger charge is 2.27. The Kier molecular flexibility index (Phi) is 10.5. The monoisotopic (exact) mass is 622 g/mol. The molecule has 0 unspecified atom stereocenters. The molecule has 0 bridgehead atoms. The van der Waals surface area contributed by atoms with Crippen LogP contribution < -0.4 is 14.2 Å². The van der Waals surface area contributed by atoms with Gasteiger partial charge in [-0.3, -0.25) is 14.9 Å². The molecule has 1 heterocycles. The van der Waals surface area contributed by atoms with Gasteiger partial charge in [-0.15, -0.1) is 0 Å².